The molecule has 2 aromatic heterocycles. The summed E-state index contributed by atoms with van der Waals surface area (Å²) >= 11 is 0. The number of ketones is 1. The second-order valence-corrected chi connectivity index (χ2v) is 6.56. The number of aromatic nitrogens is 3. The molecule has 7 heteroatoms. The van der Waals surface area contributed by atoms with Crippen LogP contribution in [-0.4, -0.2) is 27.2 Å². The van der Waals surface area contributed by atoms with Crippen LogP contribution in [0.3, 0.4) is 0 Å². The van der Waals surface area contributed by atoms with E-state index in [4.69, 9.17) is 0 Å². The molecule has 0 spiro atoms. The van der Waals surface area contributed by atoms with E-state index >= 15 is 0 Å². The van der Waals surface area contributed by atoms with Crippen molar-refractivity contribution in [2.45, 2.75) is 6.61 Å². The van der Waals surface area contributed by atoms with E-state index in [2.05, 4.69) is 14.8 Å². The lowest BCUT2D eigenvalue weighted by molar-refractivity contribution is -0.0498. The molecule has 2 heterocycles. The van der Waals surface area contributed by atoms with Crippen molar-refractivity contribution in [1.29, 1.82) is 0 Å². The Morgan fingerprint density at radius 2 is 1.77 bits per heavy atom. The molecule has 5 nitrogen and oxygen atoms in total. The molecule has 0 aliphatic rings. The first-order valence-corrected chi connectivity index (χ1v) is 9.43. The minimum atomic E-state index is -2.91. The Kier molecular flexibility index (Phi) is 5.93. The Labute approximate surface area is 177 Å². The quantitative estimate of drug-likeness (QED) is 0.297. The normalized spacial score (nSPS) is 11.2. The number of rotatable bonds is 7. The molecule has 0 amide bonds. The Bertz CT molecular complexity index is 1190. The van der Waals surface area contributed by atoms with Gasteiger partial charge in [-0.3, -0.25) is 9.78 Å². The largest absolute Gasteiger partial charge is 0.435 e. The first-order valence-electron chi connectivity index (χ1n) is 9.43. The molecular formula is C24H17F2N3O2. The van der Waals surface area contributed by atoms with Crippen molar-refractivity contribution in [3.8, 4) is 22.7 Å². The number of nitrogens with zero attached hydrogens (tertiary/aromatic N) is 3. The molecule has 31 heavy (non-hydrogen) atoms. The highest BCUT2D eigenvalue weighted by molar-refractivity contribution is 6.07. The molecular weight excluding hydrogens is 400 g/mol. The molecule has 154 valence electrons. The van der Waals surface area contributed by atoms with Gasteiger partial charge in [-0.15, -0.1) is 0 Å². The van der Waals surface area contributed by atoms with Crippen LogP contribution in [0.1, 0.15) is 15.9 Å². The van der Waals surface area contributed by atoms with Crippen molar-refractivity contribution < 1.29 is 18.3 Å². The number of ether oxygens (including phenoxy) is 1. The van der Waals surface area contributed by atoms with E-state index in [9.17, 15) is 13.6 Å². The highest BCUT2D eigenvalue weighted by Crippen LogP contribution is 2.24. The molecule has 0 atom stereocenters. The van der Waals surface area contributed by atoms with Crippen molar-refractivity contribution in [3.05, 3.63) is 103 Å². The summed E-state index contributed by atoms with van der Waals surface area (Å²) < 4.78 is 30.6. The van der Waals surface area contributed by atoms with Crippen LogP contribution in [0.25, 0.3) is 23.0 Å². The summed E-state index contributed by atoms with van der Waals surface area (Å²) in [5, 5.41) is 4.67. The van der Waals surface area contributed by atoms with Gasteiger partial charge >= 0.3 is 6.61 Å². The van der Waals surface area contributed by atoms with E-state index in [0.717, 1.165) is 16.8 Å². The fourth-order valence-electron chi connectivity index (χ4n) is 3.01. The highest BCUT2D eigenvalue weighted by Gasteiger charge is 2.12. The van der Waals surface area contributed by atoms with Crippen LogP contribution in [0.15, 0.2) is 91.4 Å². The van der Waals surface area contributed by atoms with Crippen molar-refractivity contribution >= 4 is 11.9 Å². The van der Waals surface area contributed by atoms with Crippen LogP contribution in [-0.2, 0) is 0 Å². The molecule has 0 saturated carbocycles. The molecule has 0 radical (unpaired) electrons. The lowest BCUT2D eigenvalue weighted by Crippen LogP contribution is -2.02. The molecule has 0 aliphatic heterocycles. The zero-order valence-corrected chi connectivity index (χ0v) is 16.2. The van der Waals surface area contributed by atoms with Gasteiger partial charge in [-0.25, -0.2) is 4.68 Å². The van der Waals surface area contributed by atoms with Gasteiger partial charge in [0.2, 0.25) is 0 Å². The van der Waals surface area contributed by atoms with Gasteiger partial charge in [-0.2, -0.15) is 13.9 Å². The summed E-state index contributed by atoms with van der Waals surface area (Å²) in [5.41, 5.74) is 3.48. The van der Waals surface area contributed by atoms with Crippen LogP contribution >= 0.6 is 0 Å². The first-order chi connectivity index (χ1) is 15.1. The number of halogens is 2. The van der Waals surface area contributed by atoms with Gasteiger partial charge in [0.25, 0.3) is 0 Å². The Balaban J connectivity index is 1.63. The molecule has 0 aliphatic carbocycles. The second kappa shape index (κ2) is 9.13. The molecule has 4 aromatic rings. The third kappa shape index (κ3) is 4.90. The van der Waals surface area contributed by atoms with E-state index < -0.39 is 6.61 Å². The third-order valence-corrected chi connectivity index (χ3v) is 4.48. The van der Waals surface area contributed by atoms with Crippen molar-refractivity contribution in [2.24, 2.45) is 0 Å². The fraction of sp³-hybridized carbons (Fsp3) is 0.0417. The number of carbonyl (C=O) groups excluding carboxylic acids is 1. The van der Waals surface area contributed by atoms with E-state index in [1.165, 1.54) is 30.3 Å². The maximum absolute atomic E-state index is 12.6. The van der Waals surface area contributed by atoms with Crippen molar-refractivity contribution in [3.63, 3.8) is 0 Å². The Hall–Kier alpha value is -4.13. The topological polar surface area (TPSA) is 57.0 Å². The Morgan fingerprint density at radius 3 is 2.45 bits per heavy atom. The molecule has 0 unspecified atom stereocenters. The average molecular weight is 417 g/mol. The standard InChI is InChI=1S/C24H17F2N3O2/c25-24(26)31-21-11-8-17(9-12-21)22(30)13-10-19-16-29(20-6-2-1-3-7-20)28-23(19)18-5-4-14-27-15-18/h1-16,24H/b13-10+. The van der Waals surface area contributed by atoms with Crippen molar-refractivity contribution in [2.75, 3.05) is 0 Å². The maximum Gasteiger partial charge on any atom is 0.387 e. The molecule has 4 rings (SSSR count). The van der Waals surface area contributed by atoms with Gasteiger partial charge < -0.3 is 4.74 Å². The van der Waals surface area contributed by atoms with E-state index in [-0.39, 0.29) is 11.5 Å². The molecule has 2 aromatic carbocycles. The summed E-state index contributed by atoms with van der Waals surface area (Å²) in [6.45, 7) is -2.91. The summed E-state index contributed by atoms with van der Waals surface area (Å²) in [7, 11) is 0. The predicted octanol–water partition coefficient (Wildman–Crippen LogP) is 5.43. The van der Waals surface area contributed by atoms with E-state index in [1.54, 1.807) is 23.2 Å². The van der Waals surface area contributed by atoms with Gasteiger partial charge in [0.05, 0.1) is 5.69 Å². The number of para-hydroxylation sites is 1. The lowest BCUT2D eigenvalue weighted by Gasteiger charge is -2.04. The van der Waals surface area contributed by atoms with Crippen molar-refractivity contribution in [1.82, 2.24) is 14.8 Å². The van der Waals surface area contributed by atoms with E-state index in [1.807, 2.05) is 48.7 Å². The Morgan fingerprint density at radius 1 is 1.00 bits per heavy atom. The zero-order valence-electron chi connectivity index (χ0n) is 16.2. The average Bonchev–Trinajstić information content (AvgIpc) is 3.23. The molecule has 0 saturated heterocycles. The number of hydrogen-bond acceptors (Lipinski definition) is 4. The zero-order chi connectivity index (χ0) is 21.6. The van der Waals surface area contributed by atoms with Gasteiger partial charge in [0.1, 0.15) is 11.4 Å². The number of allylic oxidation sites excluding steroid dienone is 1. The summed E-state index contributed by atoms with van der Waals surface area (Å²) in [5.74, 6) is -0.272. The predicted molar refractivity (Wildman–Crippen MR) is 113 cm³/mol. The number of benzene rings is 2. The van der Waals surface area contributed by atoms with E-state index in [0.29, 0.717) is 11.3 Å². The minimum Gasteiger partial charge on any atom is -0.435 e. The third-order valence-electron chi connectivity index (χ3n) is 4.48. The maximum atomic E-state index is 12.6. The number of pyridine rings is 1. The van der Waals surface area contributed by atoms with Crippen LogP contribution in [0.4, 0.5) is 8.78 Å². The van der Waals surface area contributed by atoms with Gasteiger partial charge in [0.15, 0.2) is 5.78 Å². The number of alkyl halides is 2. The second-order valence-electron chi connectivity index (χ2n) is 6.56. The summed E-state index contributed by atoms with van der Waals surface area (Å²) in [4.78, 5) is 16.7. The molecule has 0 N–H and O–H groups in total. The van der Waals surface area contributed by atoms with Crippen LogP contribution in [0.2, 0.25) is 0 Å². The number of hydrogen-bond donors (Lipinski definition) is 0. The van der Waals surface area contributed by atoms with Gasteiger partial charge in [-0.1, -0.05) is 18.2 Å². The van der Waals surface area contributed by atoms with Gasteiger partial charge in [0, 0.05) is 35.3 Å². The summed E-state index contributed by atoms with van der Waals surface area (Å²) in [6, 6.07) is 18.9. The molecule has 0 bridgehead atoms. The van der Waals surface area contributed by atoms with Gasteiger partial charge in [-0.05, 0) is 60.7 Å². The SMILES string of the molecule is O=C(/C=C/c1cn(-c2ccccc2)nc1-c1cccnc1)c1ccc(OC(F)F)cc1. The smallest absolute Gasteiger partial charge is 0.387 e. The molecule has 0 fully saturated rings. The van der Waals surface area contributed by atoms with Crippen LogP contribution in [0, 0.1) is 0 Å². The fourth-order valence-corrected chi connectivity index (χ4v) is 3.01. The highest BCUT2D eigenvalue weighted by atomic mass is 19.3. The lowest BCUT2D eigenvalue weighted by atomic mass is 10.1. The van der Waals surface area contributed by atoms with Crippen LogP contribution < -0.4 is 4.74 Å². The monoisotopic (exact) mass is 417 g/mol. The first kappa shape index (κ1) is 20.2. The summed E-state index contributed by atoms with van der Waals surface area (Å²) in [6.07, 6.45) is 8.33. The number of carbonyl (C=O) groups is 1. The van der Waals surface area contributed by atoms with Crippen LogP contribution in [0.5, 0.6) is 5.75 Å². The minimum absolute atomic E-state index is 0.00136.